The van der Waals surface area contributed by atoms with Gasteiger partial charge in [0.15, 0.2) is 12.2 Å². The molecule has 95 heavy (non-hydrogen) atoms. The van der Waals surface area contributed by atoms with Crippen molar-refractivity contribution in [2.45, 2.75) is 188 Å². The SMILES string of the molecule is CCCCCCc1ccc(C(=O)Oc2ccc3c(c2)C(OC(=O)CCCC(=O)OC2c4cc(OC(=O)c5ccc(CCCCCC)cc5)ccc4-c4ccc(OC(=O)c5ccc(CCCCCC)cc5)cc42)c2cc(OC(=O)c4ccc(CCCCCC)cc4)ccc2-3)cc1. The molecule has 0 aliphatic heterocycles. The molecule has 8 aromatic rings. The molecule has 492 valence electrons. The second kappa shape index (κ2) is 34.1. The van der Waals surface area contributed by atoms with Gasteiger partial charge in [0.05, 0.1) is 22.3 Å². The summed E-state index contributed by atoms with van der Waals surface area (Å²) in [4.78, 5) is 82.9. The van der Waals surface area contributed by atoms with Gasteiger partial charge in [0.1, 0.15) is 23.0 Å². The molecule has 2 aliphatic carbocycles. The lowest BCUT2D eigenvalue weighted by Crippen LogP contribution is -2.14. The van der Waals surface area contributed by atoms with Crippen molar-refractivity contribution in [1.82, 2.24) is 0 Å². The molecule has 0 N–H and O–H groups in total. The van der Waals surface area contributed by atoms with Gasteiger partial charge in [0, 0.05) is 35.1 Å². The molecule has 10 rings (SSSR count). The highest BCUT2D eigenvalue weighted by Crippen LogP contribution is 2.50. The van der Waals surface area contributed by atoms with Crippen LogP contribution in [0.2, 0.25) is 0 Å². The first-order valence-electron chi connectivity index (χ1n) is 34.6. The number of unbranched alkanes of at least 4 members (excludes halogenated alkanes) is 12. The monoisotopic (exact) mass is 1280 g/mol. The van der Waals surface area contributed by atoms with E-state index in [4.69, 9.17) is 28.4 Å². The number of ether oxygens (including phenoxy) is 6. The van der Waals surface area contributed by atoms with Crippen molar-refractivity contribution in [1.29, 1.82) is 0 Å². The van der Waals surface area contributed by atoms with E-state index in [0.29, 0.717) is 44.5 Å². The Bertz CT molecular complexity index is 3440. The quantitative estimate of drug-likeness (QED) is 0.0214. The Kier molecular flexibility index (Phi) is 24.6. The molecule has 0 saturated heterocycles. The summed E-state index contributed by atoms with van der Waals surface area (Å²) in [6, 6.07) is 50.7. The Balaban J connectivity index is 0.844. The Morgan fingerprint density at radius 3 is 0.726 bits per heavy atom. The second-order valence-electron chi connectivity index (χ2n) is 25.2. The third kappa shape index (κ3) is 18.5. The van der Waals surface area contributed by atoms with Gasteiger partial charge in [0.2, 0.25) is 0 Å². The summed E-state index contributed by atoms with van der Waals surface area (Å²) in [5.74, 6) is -2.40. The van der Waals surface area contributed by atoms with Crippen LogP contribution >= 0.6 is 0 Å². The van der Waals surface area contributed by atoms with E-state index in [0.717, 1.165) is 147 Å². The summed E-state index contributed by atoms with van der Waals surface area (Å²) in [5, 5.41) is 0. The number of hydrogen-bond donors (Lipinski definition) is 0. The maximum absolute atomic E-state index is 14.2. The topological polar surface area (TPSA) is 158 Å². The van der Waals surface area contributed by atoms with Gasteiger partial charge in [-0.25, -0.2) is 19.2 Å². The van der Waals surface area contributed by atoms with Crippen LogP contribution in [0.25, 0.3) is 22.3 Å². The highest BCUT2D eigenvalue weighted by atomic mass is 16.6. The van der Waals surface area contributed by atoms with Crippen molar-refractivity contribution < 1.29 is 57.2 Å². The normalized spacial score (nSPS) is 12.1. The van der Waals surface area contributed by atoms with Crippen LogP contribution in [0.5, 0.6) is 23.0 Å². The van der Waals surface area contributed by atoms with E-state index in [1.807, 2.05) is 72.8 Å². The van der Waals surface area contributed by atoms with Gasteiger partial charge in [-0.3, -0.25) is 9.59 Å². The number of fused-ring (bicyclic) bond motifs is 6. The molecule has 0 fully saturated rings. The molecule has 0 aromatic heterocycles. The predicted octanol–water partition coefficient (Wildman–Crippen LogP) is 20.2. The van der Waals surface area contributed by atoms with E-state index in [1.54, 1.807) is 97.1 Å². The molecule has 0 heterocycles. The number of esters is 6. The minimum atomic E-state index is -1.01. The van der Waals surface area contributed by atoms with E-state index in [-0.39, 0.29) is 42.3 Å². The molecule has 0 saturated carbocycles. The Labute approximate surface area is 559 Å². The first kappa shape index (κ1) is 68.4. The zero-order valence-corrected chi connectivity index (χ0v) is 55.5. The molecule has 0 radical (unpaired) electrons. The smallest absolute Gasteiger partial charge is 0.343 e. The molecule has 0 spiro atoms. The molecule has 0 unspecified atom stereocenters. The van der Waals surface area contributed by atoms with Crippen LogP contribution in [-0.2, 0) is 44.7 Å². The lowest BCUT2D eigenvalue weighted by molar-refractivity contribution is -0.149. The number of carbonyl (C=O) groups excluding carboxylic acids is 6. The third-order valence-corrected chi connectivity index (χ3v) is 17.9. The first-order valence-corrected chi connectivity index (χ1v) is 34.6. The Morgan fingerprint density at radius 1 is 0.274 bits per heavy atom. The second-order valence-corrected chi connectivity index (χ2v) is 25.2. The first-order chi connectivity index (χ1) is 46.4. The maximum Gasteiger partial charge on any atom is 0.343 e. The van der Waals surface area contributed by atoms with Crippen molar-refractivity contribution in [3.63, 3.8) is 0 Å². The van der Waals surface area contributed by atoms with E-state index in [1.165, 1.54) is 25.7 Å². The van der Waals surface area contributed by atoms with Crippen LogP contribution in [0, 0.1) is 0 Å². The van der Waals surface area contributed by atoms with Crippen molar-refractivity contribution in [3.05, 3.63) is 237 Å². The summed E-state index contributed by atoms with van der Waals surface area (Å²) in [7, 11) is 0. The molecule has 0 amide bonds. The standard InChI is InChI=1S/C83H88O12/c1-5-9-13-17-22-56-28-36-60(37-29-56)80(86)90-64-44-48-68-69-49-45-65(91-81(87)61-38-30-57(31-39-61)23-18-14-10-6-2)53-73(69)78(72(68)52-64)94-76(84)26-21-27-77(85)95-79-74-54-66(92-82(88)62-40-32-58(33-41-62)24-19-15-11-7-3)46-50-70(74)71-51-47-67(55-75(71)79)93-83(89)63-42-34-59(35-43-63)25-20-16-12-8-4/h28-55,78-79H,5-27H2,1-4H3. The fourth-order valence-corrected chi connectivity index (χ4v) is 12.5. The molecule has 12 heteroatoms. The highest BCUT2D eigenvalue weighted by Gasteiger charge is 2.36. The van der Waals surface area contributed by atoms with Crippen LogP contribution < -0.4 is 18.9 Å². The van der Waals surface area contributed by atoms with Gasteiger partial charge in [-0.05, 0) is 199 Å². The molecule has 8 aromatic carbocycles. The summed E-state index contributed by atoms with van der Waals surface area (Å²) in [5.41, 5.74) is 11.4. The molecule has 2 aliphatic rings. The van der Waals surface area contributed by atoms with Crippen molar-refractivity contribution in [2.24, 2.45) is 0 Å². The van der Waals surface area contributed by atoms with E-state index in [2.05, 4.69) is 27.7 Å². The van der Waals surface area contributed by atoms with Crippen LogP contribution in [0.15, 0.2) is 170 Å². The molecule has 12 nitrogen and oxygen atoms in total. The van der Waals surface area contributed by atoms with Gasteiger partial charge in [-0.1, -0.05) is 178 Å². The third-order valence-electron chi connectivity index (χ3n) is 17.9. The van der Waals surface area contributed by atoms with Crippen molar-refractivity contribution in [3.8, 4) is 45.3 Å². The summed E-state index contributed by atoms with van der Waals surface area (Å²) < 4.78 is 36.5. The van der Waals surface area contributed by atoms with E-state index in [9.17, 15) is 28.8 Å². The van der Waals surface area contributed by atoms with Crippen molar-refractivity contribution >= 4 is 35.8 Å². The summed E-state index contributed by atoms with van der Waals surface area (Å²) in [6.45, 7) is 8.74. The number of hydrogen-bond acceptors (Lipinski definition) is 12. The van der Waals surface area contributed by atoms with Gasteiger partial charge in [-0.2, -0.15) is 0 Å². The average Bonchev–Trinajstić information content (AvgIpc) is 1.61. The zero-order chi connectivity index (χ0) is 66.5. The van der Waals surface area contributed by atoms with E-state index >= 15 is 0 Å². The van der Waals surface area contributed by atoms with Crippen LogP contribution in [0.4, 0.5) is 0 Å². The summed E-state index contributed by atoms with van der Waals surface area (Å²) in [6.07, 6.45) is 19.7. The minimum Gasteiger partial charge on any atom is -0.452 e. The fourth-order valence-electron chi connectivity index (χ4n) is 12.5. The number of carbonyl (C=O) groups is 6. The van der Waals surface area contributed by atoms with E-state index < -0.39 is 48.0 Å². The molecule has 0 bridgehead atoms. The zero-order valence-electron chi connectivity index (χ0n) is 55.5. The maximum atomic E-state index is 14.2. The van der Waals surface area contributed by atoms with Crippen molar-refractivity contribution in [2.75, 3.05) is 0 Å². The van der Waals surface area contributed by atoms with Crippen LogP contribution in [-0.4, -0.2) is 35.8 Å². The van der Waals surface area contributed by atoms with Gasteiger partial charge >= 0.3 is 35.8 Å². The molecular formula is C83H88O12. The minimum absolute atomic E-state index is 0.0469. The van der Waals surface area contributed by atoms with Crippen LogP contribution in [0.3, 0.4) is 0 Å². The Morgan fingerprint density at radius 2 is 0.505 bits per heavy atom. The lowest BCUT2D eigenvalue weighted by Gasteiger charge is -2.17. The number of benzene rings is 8. The van der Waals surface area contributed by atoms with Gasteiger partial charge in [0.25, 0.3) is 0 Å². The Hall–Kier alpha value is -9.42. The lowest BCUT2D eigenvalue weighted by atomic mass is 10.0. The average molecular weight is 1280 g/mol. The largest absolute Gasteiger partial charge is 0.452 e. The number of aryl methyl sites for hydroxylation is 4. The van der Waals surface area contributed by atoms with Gasteiger partial charge in [-0.15, -0.1) is 0 Å². The molecule has 0 atom stereocenters. The highest BCUT2D eigenvalue weighted by molar-refractivity contribution is 5.94. The molecular weight excluding hydrogens is 1190 g/mol. The van der Waals surface area contributed by atoms with Crippen LogP contribution in [0.1, 0.15) is 248 Å². The summed E-state index contributed by atoms with van der Waals surface area (Å²) >= 11 is 0. The van der Waals surface area contributed by atoms with Gasteiger partial charge < -0.3 is 28.4 Å². The fraction of sp³-hybridized carbons (Fsp3) is 0.349. The number of rotatable bonds is 34. The predicted molar refractivity (Wildman–Crippen MR) is 370 cm³/mol.